The third kappa shape index (κ3) is 9.59. The number of carbonyl (C=O) groups excluding carboxylic acids is 2. The summed E-state index contributed by atoms with van der Waals surface area (Å²) in [5.74, 6) is 0.466. The van der Waals surface area contributed by atoms with Gasteiger partial charge in [-0.3, -0.25) is 9.59 Å². The molecular weight excluding hydrogens is 330 g/mol. The Morgan fingerprint density at radius 2 is 2.00 bits per heavy atom. The summed E-state index contributed by atoms with van der Waals surface area (Å²) in [6.07, 6.45) is 7.14. The molecule has 1 atom stereocenters. The molecule has 0 unspecified atom stereocenters. The van der Waals surface area contributed by atoms with Gasteiger partial charge >= 0.3 is 0 Å². The average molecular weight is 366 g/mol. The maximum absolute atomic E-state index is 12.8. The molecular formula is C20H35N3O3. The highest BCUT2D eigenvalue weighted by Gasteiger charge is 2.22. The van der Waals surface area contributed by atoms with Crippen LogP contribution in [0.3, 0.4) is 0 Å². The van der Waals surface area contributed by atoms with E-state index in [1.54, 1.807) is 11.0 Å². The van der Waals surface area contributed by atoms with Gasteiger partial charge in [0, 0.05) is 19.0 Å². The summed E-state index contributed by atoms with van der Waals surface area (Å²) in [5, 5.41) is 6.34. The van der Waals surface area contributed by atoms with Crippen molar-refractivity contribution in [2.75, 3.05) is 18.4 Å². The normalized spacial score (nSPS) is 12.7. The molecule has 6 nitrogen and oxygen atoms in total. The third-order valence-corrected chi connectivity index (χ3v) is 4.16. The molecule has 0 bridgehead atoms. The van der Waals surface area contributed by atoms with Crippen molar-refractivity contribution in [3.05, 3.63) is 12.3 Å². The summed E-state index contributed by atoms with van der Waals surface area (Å²) in [7, 11) is 0. The minimum absolute atomic E-state index is 0.0496. The first-order valence-corrected chi connectivity index (χ1v) is 9.69. The van der Waals surface area contributed by atoms with E-state index in [0.29, 0.717) is 24.7 Å². The van der Waals surface area contributed by atoms with Crippen molar-refractivity contribution >= 4 is 17.6 Å². The second kappa shape index (κ2) is 11.0. The lowest BCUT2D eigenvalue weighted by atomic mass is 9.84. The van der Waals surface area contributed by atoms with Gasteiger partial charge in [0.05, 0.1) is 6.54 Å². The maximum Gasteiger partial charge on any atom is 0.245 e. The number of nitrogens with one attached hydrogen (secondary N) is 1. The molecule has 6 heteroatoms. The Kier molecular flexibility index (Phi) is 9.38. The zero-order chi connectivity index (χ0) is 19.6. The van der Waals surface area contributed by atoms with Crippen LogP contribution in [0.2, 0.25) is 0 Å². The largest absolute Gasteiger partial charge is 0.363 e. The molecule has 0 saturated carbocycles. The number of hydrogen-bond donors (Lipinski definition) is 1. The number of amides is 2. The lowest BCUT2D eigenvalue weighted by molar-refractivity contribution is -0.135. The fraction of sp³-hybridized carbons (Fsp3) is 0.750. The van der Waals surface area contributed by atoms with Crippen molar-refractivity contribution in [3.8, 4) is 0 Å². The summed E-state index contributed by atoms with van der Waals surface area (Å²) in [5.41, 5.74) is 0.190. The minimum atomic E-state index is -0.244. The van der Waals surface area contributed by atoms with Gasteiger partial charge in [0.25, 0.3) is 0 Å². The van der Waals surface area contributed by atoms with Crippen molar-refractivity contribution in [2.24, 2.45) is 11.3 Å². The van der Waals surface area contributed by atoms with Gasteiger partial charge in [-0.1, -0.05) is 59.0 Å². The molecule has 2 amide bonds. The van der Waals surface area contributed by atoms with Crippen LogP contribution in [-0.4, -0.2) is 35.0 Å². The molecule has 0 aliphatic rings. The van der Waals surface area contributed by atoms with Crippen molar-refractivity contribution in [2.45, 2.75) is 73.1 Å². The monoisotopic (exact) mass is 365 g/mol. The standard InChI is InChI=1S/C20H35N3O3/c1-6-7-8-9-11-23(15-18(24)21-17-10-12-26-22-17)19(25)13-16(2)14-20(3,4)5/h10,12,16H,6-9,11,13-15H2,1-5H3,(H,21,22,24)/t16-/m1/s1. The van der Waals surface area contributed by atoms with Crippen LogP contribution < -0.4 is 5.32 Å². The van der Waals surface area contributed by atoms with Gasteiger partial charge in [0.15, 0.2) is 5.82 Å². The highest BCUT2D eigenvalue weighted by Crippen LogP contribution is 2.26. The summed E-state index contributed by atoms with van der Waals surface area (Å²) >= 11 is 0. The molecule has 26 heavy (non-hydrogen) atoms. The third-order valence-electron chi connectivity index (χ3n) is 4.16. The summed E-state index contributed by atoms with van der Waals surface area (Å²) in [4.78, 5) is 26.7. The molecule has 1 rings (SSSR count). The zero-order valence-electron chi connectivity index (χ0n) is 17.0. The van der Waals surface area contributed by atoms with Crippen molar-refractivity contribution in [1.29, 1.82) is 0 Å². The lowest BCUT2D eigenvalue weighted by Gasteiger charge is -2.26. The van der Waals surface area contributed by atoms with E-state index in [1.165, 1.54) is 6.26 Å². The number of nitrogens with zero attached hydrogens (tertiary/aromatic N) is 2. The number of anilines is 1. The number of hydrogen-bond acceptors (Lipinski definition) is 4. The van der Waals surface area contributed by atoms with Gasteiger partial charge in [-0.05, 0) is 24.2 Å². The number of unbranched alkanes of at least 4 members (excludes halogenated alkanes) is 3. The first kappa shape index (κ1) is 22.2. The Labute approximate surface area is 157 Å². The van der Waals surface area contributed by atoms with E-state index in [-0.39, 0.29) is 23.8 Å². The molecule has 0 aliphatic carbocycles. The van der Waals surface area contributed by atoms with Crippen LogP contribution in [0.4, 0.5) is 5.82 Å². The van der Waals surface area contributed by atoms with E-state index in [2.05, 4.69) is 45.1 Å². The van der Waals surface area contributed by atoms with Crippen molar-refractivity contribution in [1.82, 2.24) is 10.1 Å². The average Bonchev–Trinajstić information content (AvgIpc) is 3.01. The molecule has 0 aromatic carbocycles. The summed E-state index contributed by atoms with van der Waals surface area (Å²) < 4.78 is 4.71. The highest BCUT2D eigenvalue weighted by molar-refractivity contribution is 5.93. The lowest BCUT2D eigenvalue weighted by Crippen LogP contribution is -2.39. The Hall–Kier alpha value is -1.85. The van der Waals surface area contributed by atoms with E-state index < -0.39 is 0 Å². The van der Waals surface area contributed by atoms with Crippen LogP contribution in [-0.2, 0) is 9.59 Å². The molecule has 1 heterocycles. The Bertz CT molecular complexity index is 535. The van der Waals surface area contributed by atoms with Gasteiger partial charge in [0.2, 0.25) is 11.8 Å². The molecule has 0 spiro atoms. The van der Waals surface area contributed by atoms with E-state index in [0.717, 1.165) is 32.1 Å². The highest BCUT2D eigenvalue weighted by atomic mass is 16.5. The quantitative estimate of drug-likeness (QED) is 0.586. The minimum Gasteiger partial charge on any atom is -0.363 e. The van der Waals surface area contributed by atoms with Crippen LogP contribution >= 0.6 is 0 Å². The molecule has 1 N–H and O–H groups in total. The van der Waals surface area contributed by atoms with E-state index in [9.17, 15) is 9.59 Å². The zero-order valence-corrected chi connectivity index (χ0v) is 17.0. The van der Waals surface area contributed by atoms with Crippen molar-refractivity contribution in [3.63, 3.8) is 0 Å². The van der Waals surface area contributed by atoms with Gasteiger partial charge in [0.1, 0.15) is 6.26 Å². The van der Waals surface area contributed by atoms with E-state index in [1.807, 2.05) is 0 Å². The summed E-state index contributed by atoms with van der Waals surface area (Å²) in [6, 6.07) is 1.58. The molecule has 148 valence electrons. The molecule has 1 aromatic heterocycles. The Morgan fingerprint density at radius 1 is 1.27 bits per heavy atom. The predicted octanol–water partition coefficient (Wildman–Crippen LogP) is 4.48. The molecule has 0 radical (unpaired) electrons. The van der Waals surface area contributed by atoms with Gasteiger partial charge in [-0.15, -0.1) is 0 Å². The van der Waals surface area contributed by atoms with Gasteiger partial charge < -0.3 is 14.7 Å². The topological polar surface area (TPSA) is 75.4 Å². The number of aromatic nitrogens is 1. The number of rotatable bonds is 11. The summed E-state index contributed by atoms with van der Waals surface area (Å²) in [6.45, 7) is 11.5. The Balaban J connectivity index is 2.60. The first-order valence-electron chi connectivity index (χ1n) is 9.69. The van der Waals surface area contributed by atoms with Crippen molar-refractivity contribution < 1.29 is 14.1 Å². The molecule has 0 saturated heterocycles. The SMILES string of the molecule is CCCCCCN(CC(=O)Nc1ccon1)C(=O)C[C@@H](C)CC(C)(C)C. The van der Waals surface area contributed by atoms with Gasteiger partial charge in [-0.25, -0.2) is 0 Å². The van der Waals surface area contributed by atoms with Gasteiger partial charge in [-0.2, -0.15) is 0 Å². The van der Waals surface area contributed by atoms with Crippen LogP contribution in [0.25, 0.3) is 0 Å². The van der Waals surface area contributed by atoms with Crippen LogP contribution in [0.15, 0.2) is 16.9 Å². The van der Waals surface area contributed by atoms with E-state index in [4.69, 9.17) is 4.52 Å². The maximum atomic E-state index is 12.8. The molecule has 0 fully saturated rings. The second-order valence-corrected chi connectivity index (χ2v) is 8.38. The van der Waals surface area contributed by atoms with Crippen LogP contribution in [0.5, 0.6) is 0 Å². The van der Waals surface area contributed by atoms with Crippen LogP contribution in [0, 0.1) is 11.3 Å². The molecule has 0 aliphatic heterocycles. The fourth-order valence-electron chi connectivity index (χ4n) is 3.20. The predicted molar refractivity (Wildman–Crippen MR) is 104 cm³/mol. The fourth-order valence-corrected chi connectivity index (χ4v) is 3.20. The second-order valence-electron chi connectivity index (χ2n) is 8.38. The number of carbonyl (C=O) groups is 2. The molecule has 1 aromatic rings. The van der Waals surface area contributed by atoms with Crippen LogP contribution in [0.1, 0.15) is 73.1 Å². The first-order chi connectivity index (χ1) is 12.2. The smallest absolute Gasteiger partial charge is 0.245 e. The Morgan fingerprint density at radius 3 is 2.58 bits per heavy atom. The van der Waals surface area contributed by atoms with E-state index >= 15 is 0 Å².